The molecule has 0 fully saturated rings. The third-order valence-electron chi connectivity index (χ3n) is 1.83. The van der Waals surface area contributed by atoms with Crippen molar-refractivity contribution in [3.63, 3.8) is 0 Å². The van der Waals surface area contributed by atoms with Gasteiger partial charge in [0.05, 0.1) is 20.6 Å². The van der Waals surface area contributed by atoms with E-state index in [9.17, 15) is 0 Å². The molecule has 0 amide bonds. The van der Waals surface area contributed by atoms with E-state index in [1.54, 1.807) is 4.90 Å². The molecule has 0 saturated carbocycles. The zero-order valence-electron chi connectivity index (χ0n) is 7.20. The summed E-state index contributed by atoms with van der Waals surface area (Å²) >= 11 is 0. The average molecular weight is 130 g/mol. The summed E-state index contributed by atoms with van der Waals surface area (Å²) < 4.78 is 0. The lowest BCUT2D eigenvalue weighted by atomic mass is 10.1. The predicted molar refractivity (Wildman–Crippen MR) is 41.7 cm³/mol. The average Bonchev–Trinajstić information content (AvgIpc) is 1.83. The minimum Gasteiger partial charge on any atom is -0.340 e. The number of quaternary nitrogens is 1. The predicted octanol–water partition coefficient (Wildman–Crippen LogP) is 0.567. The van der Waals surface area contributed by atoms with Crippen LogP contribution in [0, 0.1) is 5.92 Å². The third kappa shape index (κ3) is 5.84. The van der Waals surface area contributed by atoms with Crippen LogP contribution in [-0.4, -0.2) is 20.6 Å². The molecule has 0 aliphatic rings. The van der Waals surface area contributed by atoms with Crippen molar-refractivity contribution in [3.05, 3.63) is 0 Å². The Kier molecular flexibility index (Phi) is 4.78. The zero-order chi connectivity index (χ0) is 7.28. The van der Waals surface area contributed by atoms with E-state index in [1.807, 2.05) is 0 Å². The van der Waals surface area contributed by atoms with Crippen molar-refractivity contribution in [1.82, 2.24) is 0 Å². The molecular weight excluding hydrogens is 110 g/mol. The Morgan fingerprint density at radius 1 is 1.33 bits per heavy atom. The fourth-order valence-corrected chi connectivity index (χ4v) is 0.739. The van der Waals surface area contributed by atoms with E-state index in [1.165, 1.54) is 19.4 Å². The smallest absolute Gasteiger partial charge is 0.0769 e. The number of hydrogen-bond acceptors (Lipinski definition) is 0. The van der Waals surface area contributed by atoms with E-state index >= 15 is 0 Å². The first-order valence-corrected chi connectivity index (χ1v) is 3.95. The first-order valence-electron chi connectivity index (χ1n) is 3.95. The van der Waals surface area contributed by atoms with E-state index in [0.29, 0.717) is 0 Å². The Morgan fingerprint density at radius 2 is 1.89 bits per heavy atom. The lowest BCUT2D eigenvalue weighted by molar-refractivity contribution is -0.858. The summed E-state index contributed by atoms with van der Waals surface area (Å²) in [5.74, 6) is 0.917. The molecule has 0 aromatic heterocycles. The maximum Gasteiger partial charge on any atom is 0.0769 e. The van der Waals surface area contributed by atoms with Gasteiger partial charge < -0.3 is 4.90 Å². The summed E-state index contributed by atoms with van der Waals surface area (Å²) in [6.45, 7) is 5.90. The third-order valence-corrected chi connectivity index (χ3v) is 1.83. The summed E-state index contributed by atoms with van der Waals surface area (Å²) in [6, 6.07) is 0. The first kappa shape index (κ1) is 8.96. The summed E-state index contributed by atoms with van der Waals surface area (Å²) in [5.41, 5.74) is 0. The number of hydrogen-bond donors (Lipinski definition) is 1. The van der Waals surface area contributed by atoms with Crippen LogP contribution < -0.4 is 4.90 Å². The van der Waals surface area contributed by atoms with Gasteiger partial charge in [0.25, 0.3) is 0 Å². The molecule has 56 valence electrons. The van der Waals surface area contributed by atoms with Gasteiger partial charge in [0.2, 0.25) is 0 Å². The minimum absolute atomic E-state index is 0.917. The summed E-state index contributed by atoms with van der Waals surface area (Å²) in [5, 5.41) is 0. The zero-order valence-corrected chi connectivity index (χ0v) is 7.20. The fraction of sp³-hybridized carbons (Fsp3) is 1.00. The molecule has 0 heterocycles. The van der Waals surface area contributed by atoms with E-state index in [4.69, 9.17) is 0 Å². The standard InChI is InChI=1S/C8H19N/c1-5-8(2)6-7-9(3)4/h8H,5-7H2,1-4H3/p+1. The van der Waals surface area contributed by atoms with Gasteiger partial charge in [-0.3, -0.25) is 0 Å². The van der Waals surface area contributed by atoms with Gasteiger partial charge in [0.15, 0.2) is 0 Å². The van der Waals surface area contributed by atoms with Gasteiger partial charge in [-0.15, -0.1) is 0 Å². The molecule has 1 nitrogen and oxygen atoms in total. The Balaban J connectivity index is 3.06. The highest BCUT2D eigenvalue weighted by molar-refractivity contribution is 4.46. The van der Waals surface area contributed by atoms with Crippen LogP contribution in [0.1, 0.15) is 26.7 Å². The maximum atomic E-state index is 2.32. The second kappa shape index (κ2) is 4.80. The molecule has 0 saturated heterocycles. The highest BCUT2D eigenvalue weighted by atomic mass is 15.0. The molecule has 1 heteroatoms. The van der Waals surface area contributed by atoms with E-state index in [-0.39, 0.29) is 0 Å². The molecule has 0 bridgehead atoms. The number of nitrogens with one attached hydrogen (secondary N) is 1. The van der Waals surface area contributed by atoms with Crippen molar-refractivity contribution in [1.29, 1.82) is 0 Å². The molecule has 1 atom stereocenters. The quantitative estimate of drug-likeness (QED) is 0.567. The van der Waals surface area contributed by atoms with E-state index < -0.39 is 0 Å². The fourth-order valence-electron chi connectivity index (χ4n) is 0.739. The van der Waals surface area contributed by atoms with Crippen LogP contribution in [0.15, 0.2) is 0 Å². The summed E-state index contributed by atoms with van der Waals surface area (Å²) in [4.78, 5) is 1.57. The van der Waals surface area contributed by atoms with Gasteiger partial charge in [0.1, 0.15) is 0 Å². The Morgan fingerprint density at radius 3 is 2.22 bits per heavy atom. The Bertz CT molecular complexity index is 59.6. The van der Waals surface area contributed by atoms with Gasteiger partial charge in [-0.2, -0.15) is 0 Å². The molecular formula is C8H20N+. The largest absolute Gasteiger partial charge is 0.340 e. The van der Waals surface area contributed by atoms with E-state index in [0.717, 1.165) is 5.92 Å². The normalized spacial score (nSPS) is 14.3. The molecule has 0 radical (unpaired) electrons. The summed E-state index contributed by atoms with van der Waals surface area (Å²) in [6.07, 6.45) is 2.70. The van der Waals surface area contributed by atoms with Gasteiger partial charge in [-0.1, -0.05) is 20.3 Å². The van der Waals surface area contributed by atoms with Crippen LogP contribution in [0.2, 0.25) is 0 Å². The Labute approximate surface area is 59.1 Å². The van der Waals surface area contributed by atoms with Crippen LogP contribution >= 0.6 is 0 Å². The lowest BCUT2D eigenvalue weighted by Crippen LogP contribution is -3.05. The summed E-state index contributed by atoms with van der Waals surface area (Å²) in [7, 11) is 4.42. The second-order valence-electron chi connectivity index (χ2n) is 3.26. The van der Waals surface area contributed by atoms with Crippen LogP contribution in [-0.2, 0) is 0 Å². The molecule has 0 spiro atoms. The Hall–Kier alpha value is -0.0400. The van der Waals surface area contributed by atoms with Crippen molar-refractivity contribution in [2.75, 3.05) is 20.6 Å². The van der Waals surface area contributed by atoms with Crippen LogP contribution in [0.4, 0.5) is 0 Å². The van der Waals surface area contributed by atoms with Crippen molar-refractivity contribution >= 4 is 0 Å². The van der Waals surface area contributed by atoms with Gasteiger partial charge in [-0.05, 0) is 12.3 Å². The second-order valence-corrected chi connectivity index (χ2v) is 3.26. The molecule has 9 heavy (non-hydrogen) atoms. The minimum atomic E-state index is 0.917. The monoisotopic (exact) mass is 130 g/mol. The van der Waals surface area contributed by atoms with E-state index in [2.05, 4.69) is 27.9 Å². The lowest BCUT2D eigenvalue weighted by Gasteiger charge is -2.10. The molecule has 0 rings (SSSR count). The number of rotatable bonds is 4. The van der Waals surface area contributed by atoms with Crippen molar-refractivity contribution in [2.45, 2.75) is 26.7 Å². The van der Waals surface area contributed by atoms with Crippen LogP contribution in [0.25, 0.3) is 0 Å². The first-order chi connectivity index (χ1) is 4.16. The molecule has 1 N–H and O–H groups in total. The van der Waals surface area contributed by atoms with Crippen molar-refractivity contribution < 1.29 is 4.90 Å². The molecule has 0 aromatic rings. The highest BCUT2D eigenvalue weighted by Crippen LogP contribution is 2.02. The topological polar surface area (TPSA) is 4.44 Å². The SMILES string of the molecule is CCC(C)CC[NH+](C)C. The molecule has 0 aromatic carbocycles. The van der Waals surface area contributed by atoms with Crippen LogP contribution in [0.3, 0.4) is 0 Å². The van der Waals surface area contributed by atoms with Crippen LogP contribution in [0.5, 0.6) is 0 Å². The van der Waals surface area contributed by atoms with Crippen molar-refractivity contribution in [2.24, 2.45) is 5.92 Å². The molecule has 0 aliphatic carbocycles. The van der Waals surface area contributed by atoms with Crippen molar-refractivity contribution in [3.8, 4) is 0 Å². The molecule has 1 unspecified atom stereocenters. The molecule has 0 aliphatic heterocycles. The maximum absolute atomic E-state index is 2.32. The van der Waals surface area contributed by atoms with Gasteiger partial charge >= 0.3 is 0 Å². The van der Waals surface area contributed by atoms with Gasteiger partial charge in [0, 0.05) is 0 Å². The highest BCUT2D eigenvalue weighted by Gasteiger charge is 1.99. The van der Waals surface area contributed by atoms with Gasteiger partial charge in [-0.25, -0.2) is 0 Å².